The summed E-state index contributed by atoms with van der Waals surface area (Å²) in [5.74, 6) is 0.180. The van der Waals surface area contributed by atoms with Crippen LogP contribution in [-0.2, 0) is 12.0 Å². The second kappa shape index (κ2) is 11.6. The van der Waals surface area contributed by atoms with E-state index < -0.39 is 0 Å². The lowest BCUT2D eigenvalue weighted by molar-refractivity contribution is 0.0990. The maximum atomic E-state index is 12.8. The van der Waals surface area contributed by atoms with E-state index in [1.165, 1.54) is 24.3 Å². The number of phenols is 1. The van der Waals surface area contributed by atoms with Crippen molar-refractivity contribution in [3.63, 3.8) is 0 Å². The van der Waals surface area contributed by atoms with Gasteiger partial charge in [0.2, 0.25) is 0 Å². The highest BCUT2D eigenvalue weighted by Gasteiger charge is 2.35. The van der Waals surface area contributed by atoms with E-state index in [4.69, 9.17) is 16.3 Å². The maximum Gasteiger partial charge on any atom is 0.174 e. The van der Waals surface area contributed by atoms with Crippen LogP contribution >= 0.6 is 11.6 Å². The standard InChI is InChI=1S/C30H32ClNO3/c1-35-28-15-8-14-27(34)29(28)26(33)13-5-6-16-30(24-11-7-12-25(31)21-24)17-19-32(20-18-30)22-23-9-3-2-4-10-23/h2-12,14-15,21,34H,13,16-20,22H2,1H3/b6-5+. The van der Waals surface area contributed by atoms with Gasteiger partial charge in [-0.1, -0.05) is 72.3 Å². The summed E-state index contributed by atoms with van der Waals surface area (Å²) in [5.41, 5.74) is 2.80. The number of carbonyl (C=O) groups is 1. The van der Waals surface area contributed by atoms with Crippen LogP contribution in [0.25, 0.3) is 0 Å². The quantitative estimate of drug-likeness (QED) is 0.265. The Kier molecular flexibility index (Phi) is 8.27. The number of nitrogens with zero attached hydrogens (tertiary/aromatic N) is 1. The fourth-order valence-electron chi connectivity index (χ4n) is 4.98. The Balaban J connectivity index is 1.45. The number of carbonyl (C=O) groups excluding carboxylic acids is 1. The number of Topliss-reactive ketones (excluding diaryl/α,β-unsaturated/α-hetero) is 1. The van der Waals surface area contributed by atoms with Crippen LogP contribution in [0.5, 0.6) is 11.5 Å². The Morgan fingerprint density at radius 2 is 1.77 bits per heavy atom. The van der Waals surface area contributed by atoms with Crippen molar-refractivity contribution in [1.82, 2.24) is 4.90 Å². The first-order valence-corrected chi connectivity index (χ1v) is 12.4. The van der Waals surface area contributed by atoms with Crippen molar-refractivity contribution in [2.75, 3.05) is 20.2 Å². The summed E-state index contributed by atoms with van der Waals surface area (Å²) >= 11 is 6.37. The highest BCUT2D eigenvalue weighted by atomic mass is 35.5. The zero-order valence-electron chi connectivity index (χ0n) is 20.1. The molecule has 3 aromatic rings. The van der Waals surface area contributed by atoms with Gasteiger partial charge in [-0.3, -0.25) is 9.69 Å². The molecular weight excluding hydrogens is 458 g/mol. The molecule has 0 spiro atoms. The summed E-state index contributed by atoms with van der Waals surface area (Å²) in [5, 5.41) is 10.9. The molecule has 1 fully saturated rings. The number of piperidine rings is 1. The predicted octanol–water partition coefficient (Wildman–Crippen LogP) is 6.81. The van der Waals surface area contributed by atoms with Crippen LogP contribution < -0.4 is 4.74 Å². The molecule has 0 aliphatic carbocycles. The minimum atomic E-state index is -0.161. The van der Waals surface area contributed by atoms with E-state index in [9.17, 15) is 9.90 Å². The Labute approximate surface area is 212 Å². The van der Waals surface area contributed by atoms with Gasteiger partial charge >= 0.3 is 0 Å². The molecule has 0 unspecified atom stereocenters. The van der Waals surface area contributed by atoms with Gasteiger partial charge in [0.15, 0.2) is 5.78 Å². The Bertz CT molecular complexity index is 1170. The molecule has 0 amide bonds. The Hall–Kier alpha value is -3.08. The molecule has 1 aliphatic heterocycles. The average Bonchev–Trinajstić information content (AvgIpc) is 2.88. The topological polar surface area (TPSA) is 49.8 Å². The Morgan fingerprint density at radius 3 is 2.49 bits per heavy atom. The minimum absolute atomic E-state index is 0.0236. The largest absolute Gasteiger partial charge is 0.507 e. The van der Waals surface area contributed by atoms with Gasteiger partial charge in [-0.2, -0.15) is 0 Å². The van der Waals surface area contributed by atoms with Gasteiger partial charge < -0.3 is 9.84 Å². The van der Waals surface area contributed by atoms with Crippen molar-refractivity contribution >= 4 is 17.4 Å². The lowest BCUT2D eigenvalue weighted by Gasteiger charge is -2.42. The van der Waals surface area contributed by atoms with Crippen LogP contribution in [0.3, 0.4) is 0 Å². The molecule has 1 heterocycles. The zero-order valence-corrected chi connectivity index (χ0v) is 20.9. The van der Waals surface area contributed by atoms with E-state index in [0.717, 1.165) is 43.9 Å². The third-order valence-electron chi connectivity index (χ3n) is 6.98. The molecule has 5 heteroatoms. The first-order chi connectivity index (χ1) is 17.0. The normalized spacial score (nSPS) is 15.8. The zero-order chi connectivity index (χ0) is 24.7. The van der Waals surface area contributed by atoms with E-state index in [2.05, 4.69) is 53.4 Å². The number of hydrogen-bond acceptors (Lipinski definition) is 4. The number of aromatic hydroxyl groups is 1. The second-order valence-corrected chi connectivity index (χ2v) is 9.65. The second-order valence-electron chi connectivity index (χ2n) is 9.21. The molecule has 35 heavy (non-hydrogen) atoms. The number of halogens is 1. The molecule has 4 nitrogen and oxygen atoms in total. The summed E-state index contributed by atoms with van der Waals surface area (Å²) in [7, 11) is 1.50. The first kappa shape index (κ1) is 25.0. The highest BCUT2D eigenvalue weighted by Crippen LogP contribution is 2.40. The maximum absolute atomic E-state index is 12.8. The van der Waals surface area contributed by atoms with Crippen LogP contribution in [0, 0.1) is 0 Å². The molecule has 0 bridgehead atoms. The van der Waals surface area contributed by atoms with Gasteiger partial charge in [0.1, 0.15) is 17.1 Å². The van der Waals surface area contributed by atoms with Crippen molar-refractivity contribution in [2.24, 2.45) is 0 Å². The van der Waals surface area contributed by atoms with E-state index in [0.29, 0.717) is 5.75 Å². The van der Waals surface area contributed by atoms with Crippen LogP contribution in [0.2, 0.25) is 5.02 Å². The molecule has 1 saturated heterocycles. The predicted molar refractivity (Wildman–Crippen MR) is 141 cm³/mol. The monoisotopic (exact) mass is 489 g/mol. The van der Waals surface area contributed by atoms with Crippen LogP contribution in [0.15, 0.2) is 84.9 Å². The SMILES string of the molecule is COc1cccc(O)c1C(=O)C/C=C/CC1(c2cccc(Cl)c2)CCN(Cc2ccccc2)CC1. The van der Waals surface area contributed by atoms with Gasteiger partial charge in [-0.15, -0.1) is 0 Å². The minimum Gasteiger partial charge on any atom is -0.507 e. The van der Waals surface area contributed by atoms with Crippen molar-refractivity contribution in [3.8, 4) is 11.5 Å². The van der Waals surface area contributed by atoms with Gasteiger partial charge in [0.05, 0.1) is 7.11 Å². The van der Waals surface area contributed by atoms with E-state index in [1.807, 2.05) is 18.2 Å². The van der Waals surface area contributed by atoms with Gasteiger partial charge in [-0.25, -0.2) is 0 Å². The Morgan fingerprint density at radius 1 is 1.03 bits per heavy atom. The number of ether oxygens (including phenoxy) is 1. The van der Waals surface area contributed by atoms with Gasteiger partial charge in [0.25, 0.3) is 0 Å². The number of rotatable bonds is 9. The van der Waals surface area contributed by atoms with Crippen molar-refractivity contribution in [2.45, 2.75) is 37.6 Å². The lowest BCUT2D eigenvalue weighted by Crippen LogP contribution is -2.42. The number of allylic oxidation sites excluding steroid dienone is 2. The molecule has 182 valence electrons. The summed E-state index contributed by atoms with van der Waals surface area (Å²) in [4.78, 5) is 15.3. The molecular formula is C30H32ClNO3. The average molecular weight is 490 g/mol. The van der Waals surface area contributed by atoms with Gasteiger partial charge in [0, 0.05) is 23.4 Å². The summed E-state index contributed by atoms with van der Waals surface area (Å²) in [6.07, 6.45) is 7.10. The molecule has 0 saturated carbocycles. The molecule has 4 rings (SSSR count). The fourth-order valence-corrected chi connectivity index (χ4v) is 5.17. The molecule has 3 aromatic carbocycles. The highest BCUT2D eigenvalue weighted by molar-refractivity contribution is 6.30. The molecule has 0 radical (unpaired) electrons. The lowest BCUT2D eigenvalue weighted by atomic mass is 9.70. The summed E-state index contributed by atoms with van der Waals surface area (Å²) in [6, 6.07) is 23.6. The van der Waals surface area contributed by atoms with E-state index >= 15 is 0 Å². The first-order valence-electron chi connectivity index (χ1n) is 12.1. The van der Waals surface area contributed by atoms with E-state index in [1.54, 1.807) is 12.1 Å². The van der Waals surface area contributed by atoms with Crippen molar-refractivity contribution in [3.05, 3.63) is 107 Å². The van der Waals surface area contributed by atoms with E-state index in [-0.39, 0.29) is 28.9 Å². The van der Waals surface area contributed by atoms with Crippen LogP contribution in [0.1, 0.15) is 47.2 Å². The molecule has 1 N–H and O–H groups in total. The third-order valence-corrected chi connectivity index (χ3v) is 7.22. The van der Waals surface area contributed by atoms with Crippen molar-refractivity contribution in [1.29, 1.82) is 0 Å². The number of methoxy groups -OCH3 is 1. The molecule has 1 aliphatic rings. The molecule has 0 aromatic heterocycles. The van der Waals surface area contributed by atoms with Crippen LogP contribution in [0.4, 0.5) is 0 Å². The number of likely N-dealkylation sites (tertiary alicyclic amines) is 1. The third kappa shape index (κ3) is 6.14. The van der Waals surface area contributed by atoms with Gasteiger partial charge in [-0.05, 0) is 67.7 Å². The molecule has 0 atom stereocenters. The number of phenolic OH excluding ortho intramolecular Hbond substituents is 1. The summed E-state index contributed by atoms with van der Waals surface area (Å²) in [6.45, 7) is 2.96. The smallest absolute Gasteiger partial charge is 0.174 e. The summed E-state index contributed by atoms with van der Waals surface area (Å²) < 4.78 is 5.26. The fraction of sp³-hybridized carbons (Fsp3) is 0.300. The number of hydrogen-bond donors (Lipinski definition) is 1. The number of benzene rings is 3. The van der Waals surface area contributed by atoms with Crippen molar-refractivity contribution < 1.29 is 14.6 Å². The van der Waals surface area contributed by atoms with Crippen LogP contribution in [-0.4, -0.2) is 36.0 Å². The number of ketones is 1.